The first kappa shape index (κ1) is 11.7. The molecule has 1 aromatic rings. The van der Waals surface area contributed by atoms with Gasteiger partial charge in [0.05, 0.1) is 23.5 Å². The molecule has 2 heterocycles. The molecule has 0 bridgehead atoms. The number of thiol groups is 1. The van der Waals surface area contributed by atoms with E-state index in [0.717, 1.165) is 10.2 Å². The van der Waals surface area contributed by atoms with E-state index in [0.29, 0.717) is 18.8 Å². The van der Waals surface area contributed by atoms with Gasteiger partial charge in [0.1, 0.15) is 0 Å². The number of halogens is 1. The van der Waals surface area contributed by atoms with Crippen LogP contribution in [0, 0.1) is 0 Å². The summed E-state index contributed by atoms with van der Waals surface area (Å²) < 4.78 is 5.77. The maximum Gasteiger partial charge on any atom is 0.228 e. The molecular formula is C10H11BrN2O2S. The highest BCUT2D eigenvalue weighted by Crippen LogP contribution is 2.29. The third kappa shape index (κ3) is 2.17. The fraction of sp³-hybridized carbons (Fsp3) is 0.400. The number of rotatable bonds is 2. The Hall–Kier alpha value is -0.750. The Morgan fingerprint density at radius 3 is 2.94 bits per heavy atom. The Kier molecular flexibility index (Phi) is 3.39. The minimum absolute atomic E-state index is 0.0823. The van der Waals surface area contributed by atoms with Gasteiger partial charge in [-0.25, -0.2) is 4.98 Å². The van der Waals surface area contributed by atoms with E-state index in [9.17, 15) is 4.79 Å². The molecule has 0 N–H and O–H groups in total. The summed E-state index contributed by atoms with van der Waals surface area (Å²) in [5.74, 6) is 0.594. The van der Waals surface area contributed by atoms with Crippen molar-refractivity contribution in [3.63, 3.8) is 0 Å². The summed E-state index contributed by atoms with van der Waals surface area (Å²) >= 11 is 7.65. The van der Waals surface area contributed by atoms with Crippen LogP contribution in [0.1, 0.15) is 6.42 Å². The van der Waals surface area contributed by atoms with Crippen LogP contribution >= 0.6 is 28.6 Å². The number of hydrogen-bond donors (Lipinski definition) is 1. The molecule has 4 nitrogen and oxygen atoms in total. The van der Waals surface area contributed by atoms with Crippen molar-refractivity contribution < 1.29 is 9.53 Å². The molecule has 1 unspecified atom stereocenters. The van der Waals surface area contributed by atoms with Gasteiger partial charge >= 0.3 is 0 Å². The van der Waals surface area contributed by atoms with Crippen molar-refractivity contribution in [2.75, 3.05) is 18.6 Å². The minimum atomic E-state index is 0.0823. The lowest BCUT2D eigenvalue weighted by molar-refractivity contribution is -0.117. The fourth-order valence-corrected chi connectivity index (χ4v) is 2.47. The standard InChI is InChI=1S/C10H11BrN2O2S/c1-15-10-8(11)2-6(4-12-10)13-5-7(16)3-9(13)14/h2,4,7,16H,3,5H2,1H3. The Balaban J connectivity index is 2.28. The molecule has 1 amide bonds. The SMILES string of the molecule is COc1ncc(N2CC(S)CC2=O)cc1Br. The molecule has 16 heavy (non-hydrogen) atoms. The van der Waals surface area contributed by atoms with Crippen LogP contribution in [0.15, 0.2) is 16.7 Å². The predicted molar refractivity (Wildman–Crippen MR) is 68.2 cm³/mol. The lowest BCUT2D eigenvalue weighted by Crippen LogP contribution is -2.24. The second kappa shape index (κ2) is 4.63. The number of hydrogen-bond acceptors (Lipinski definition) is 4. The molecule has 1 aromatic heterocycles. The average Bonchev–Trinajstić information content (AvgIpc) is 2.58. The number of pyridine rings is 1. The van der Waals surface area contributed by atoms with Crippen LogP contribution in [0.25, 0.3) is 0 Å². The lowest BCUT2D eigenvalue weighted by Gasteiger charge is -2.16. The molecule has 0 radical (unpaired) electrons. The number of nitrogens with zero attached hydrogens (tertiary/aromatic N) is 2. The number of aromatic nitrogens is 1. The summed E-state index contributed by atoms with van der Waals surface area (Å²) in [4.78, 5) is 17.5. The summed E-state index contributed by atoms with van der Waals surface area (Å²) in [6, 6.07) is 1.83. The quantitative estimate of drug-likeness (QED) is 0.848. The third-order valence-corrected chi connectivity index (χ3v) is 3.32. The average molecular weight is 303 g/mol. The van der Waals surface area contributed by atoms with Crippen LogP contribution in [0.5, 0.6) is 5.88 Å². The van der Waals surface area contributed by atoms with Gasteiger partial charge < -0.3 is 9.64 Å². The van der Waals surface area contributed by atoms with Gasteiger partial charge in [0.25, 0.3) is 0 Å². The van der Waals surface area contributed by atoms with Gasteiger partial charge in [-0.1, -0.05) is 0 Å². The molecule has 0 aliphatic carbocycles. The molecule has 1 aliphatic rings. The Morgan fingerprint density at radius 1 is 1.69 bits per heavy atom. The second-order valence-electron chi connectivity index (χ2n) is 3.55. The van der Waals surface area contributed by atoms with E-state index in [1.165, 1.54) is 0 Å². The number of carbonyl (C=O) groups is 1. The lowest BCUT2D eigenvalue weighted by atomic mass is 10.4. The third-order valence-electron chi connectivity index (χ3n) is 2.40. The molecule has 1 atom stereocenters. The highest BCUT2D eigenvalue weighted by atomic mass is 79.9. The fourth-order valence-electron chi connectivity index (χ4n) is 1.65. The summed E-state index contributed by atoms with van der Waals surface area (Å²) in [6.07, 6.45) is 2.11. The highest BCUT2D eigenvalue weighted by molar-refractivity contribution is 9.10. The van der Waals surface area contributed by atoms with Crippen molar-refractivity contribution in [1.29, 1.82) is 0 Å². The highest BCUT2D eigenvalue weighted by Gasteiger charge is 2.28. The summed E-state index contributed by atoms with van der Waals surface area (Å²) in [5.41, 5.74) is 0.772. The van der Waals surface area contributed by atoms with Gasteiger partial charge in [0.2, 0.25) is 11.8 Å². The molecule has 1 fully saturated rings. The molecule has 0 saturated carbocycles. The van der Waals surface area contributed by atoms with Crippen LogP contribution in [-0.4, -0.2) is 29.8 Å². The minimum Gasteiger partial charge on any atom is -0.480 e. The number of anilines is 1. The molecule has 1 saturated heterocycles. The van der Waals surface area contributed by atoms with E-state index in [2.05, 4.69) is 33.5 Å². The molecule has 0 spiro atoms. The van der Waals surface area contributed by atoms with Crippen molar-refractivity contribution >= 4 is 40.2 Å². The van der Waals surface area contributed by atoms with E-state index in [4.69, 9.17) is 4.74 Å². The topological polar surface area (TPSA) is 42.4 Å². The van der Waals surface area contributed by atoms with E-state index >= 15 is 0 Å². The van der Waals surface area contributed by atoms with Gasteiger partial charge in [-0.15, -0.1) is 0 Å². The van der Waals surface area contributed by atoms with Gasteiger partial charge in [0, 0.05) is 18.2 Å². The van der Waals surface area contributed by atoms with E-state index < -0.39 is 0 Å². The predicted octanol–water partition coefficient (Wildman–Crippen LogP) is 1.89. The largest absolute Gasteiger partial charge is 0.480 e. The van der Waals surface area contributed by atoms with Crippen molar-refractivity contribution in [3.05, 3.63) is 16.7 Å². The monoisotopic (exact) mass is 302 g/mol. The maximum atomic E-state index is 11.7. The zero-order valence-corrected chi connectivity index (χ0v) is 11.2. The van der Waals surface area contributed by atoms with Crippen molar-refractivity contribution in [3.8, 4) is 5.88 Å². The van der Waals surface area contributed by atoms with Crippen molar-refractivity contribution in [2.45, 2.75) is 11.7 Å². The van der Waals surface area contributed by atoms with Gasteiger partial charge in [-0.3, -0.25) is 4.79 Å². The van der Waals surface area contributed by atoms with Gasteiger partial charge in [-0.2, -0.15) is 12.6 Å². The summed E-state index contributed by atoms with van der Waals surface area (Å²) in [5, 5.41) is 0.105. The zero-order valence-electron chi connectivity index (χ0n) is 8.68. The van der Waals surface area contributed by atoms with Crippen molar-refractivity contribution in [2.24, 2.45) is 0 Å². The van der Waals surface area contributed by atoms with Gasteiger partial charge in [-0.05, 0) is 22.0 Å². The van der Waals surface area contributed by atoms with Crippen molar-refractivity contribution in [1.82, 2.24) is 4.98 Å². The Labute approximate surface area is 108 Å². The smallest absolute Gasteiger partial charge is 0.228 e. The first-order valence-corrected chi connectivity index (χ1v) is 6.10. The maximum absolute atomic E-state index is 11.7. The van der Waals surface area contributed by atoms with E-state index in [1.807, 2.05) is 6.07 Å². The van der Waals surface area contributed by atoms with Gasteiger partial charge in [0.15, 0.2) is 0 Å². The molecule has 2 rings (SSSR count). The first-order valence-electron chi connectivity index (χ1n) is 4.80. The summed E-state index contributed by atoms with van der Waals surface area (Å²) in [6.45, 7) is 0.627. The molecule has 0 aromatic carbocycles. The number of methoxy groups -OCH3 is 1. The van der Waals surface area contributed by atoms with Crippen LogP contribution in [0.4, 0.5) is 5.69 Å². The number of amides is 1. The van der Waals surface area contributed by atoms with Crippen LogP contribution in [0.3, 0.4) is 0 Å². The molecular weight excluding hydrogens is 292 g/mol. The first-order chi connectivity index (χ1) is 7.61. The summed E-state index contributed by atoms with van der Waals surface area (Å²) in [7, 11) is 1.55. The Morgan fingerprint density at radius 2 is 2.44 bits per heavy atom. The Bertz CT molecular complexity index is 427. The van der Waals surface area contributed by atoms with E-state index in [1.54, 1.807) is 18.2 Å². The molecule has 6 heteroatoms. The normalized spacial score (nSPS) is 20.3. The molecule has 1 aliphatic heterocycles. The number of ether oxygens (including phenoxy) is 1. The van der Waals surface area contributed by atoms with E-state index in [-0.39, 0.29) is 11.2 Å². The van der Waals surface area contributed by atoms with Crippen LogP contribution < -0.4 is 9.64 Å². The zero-order chi connectivity index (χ0) is 11.7. The molecule has 86 valence electrons. The van der Waals surface area contributed by atoms with Crippen LogP contribution in [0.2, 0.25) is 0 Å². The van der Waals surface area contributed by atoms with Crippen LogP contribution in [-0.2, 0) is 4.79 Å². The number of carbonyl (C=O) groups excluding carboxylic acids is 1. The second-order valence-corrected chi connectivity index (χ2v) is 5.13.